The van der Waals surface area contributed by atoms with Crippen LogP contribution >= 0.6 is 11.3 Å². The second-order valence-electron chi connectivity index (χ2n) is 4.63. The smallest absolute Gasteiger partial charge is 0.138 e. The van der Waals surface area contributed by atoms with Crippen molar-refractivity contribution in [2.24, 2.45) is 0 Å². The van der Waals surface area contributed by atoms with Gasteiger partial charge in [0.25, 0.3) is 0 Å². The lowest BCUT2D eigenvalue weighted by molar-refractivity contribution is -0.00000355. The molecule has 5 heteroatoms. The molecule has 3 rings (SSSR count). The molecule has 2 aromatic heterocycles. The first-order valence-electron chi connectivity index (χ1n) is 6.37. The van der Waals surface area contributed by atoms with Gasteiger partial charge in [0.1, 0.15) is 17.0 Å². The number of nitrogens with zero attached hydrogens (tertiary/aromatic N) is 2. The monoisotopic (exact) mass is 282 g/mol. The summed E-state index contributed by atoms with van der Waals surface area (Å²) in [6.07, 6.45) is 7.98. The van der Waals surface area contributed by atoms with Gasteiger partial charge in [-0.05, 0) is 25.3 Å². The Balaban J connectivity index is 0.00000120. The van der Waals surface area contributed by atoms with Crippen molar-refractivity contribution in [2.45, 2.75) is 45.1 Å². The Morgan fingerprint density at radius 2 is 2.11 bits per heavy atom. The van der Waals surface area contributed by atoms with Crippen molar-refractivity contribution < 1.29 is 12.4 Å². The van der Waals surface area contributed by atoms with Crippen LogP contribution in [0.2, 0.25) is 0 Å². The molecule has 0 atom stereocenters. The van der Waals surface area contributed by atoms with E-state index in [2.05, 4.69) is 28.3 Å². The zero-order chi connectivity index (χ0) is 11.7. The van der Waals surface area contributed by atoms with Gasteiger partial charge in [-0.15, -0.1) is 11.3 Å². The molecule has 1 fully saturated rings. The SMILES string of the molecule is CCc1cc2c(NC3CCCC3)ncnc2s1.[Cl-]. The summed E-state index contributed by atoms with van der Waals surface area (Å²) in [4.78, 5) is 11.2. The number of hydrogen-bond donors (Lipinski definition) is 1. The van der Waals surface area contributed by atoms with Crippen molar-refractivity contribution in [2.75, 3.05) is 5.32 Å². The Bertz CT molecular complexity index is 520. The summed E-state index contributed by atoms with van der Waals surface area (Å²) in [7, 11) is 0. The van der Waals surface area contributed by atoms with Crippen molar-refractivity contribution >= 4 is 27.4 Å². The number of halogens is 1. The van der Waals surface area contributed by atoms with Crippen molar-refractivity contribution in [1.29, 1.82) is 0 Å². The highest BCUT2D eigenvalue weighted by molar-refractivity contribution is 7.18. The summed E-state index contributed by atoms with van der Waals surface area (Å²) >= 11 is 1.78. The summed E-state index contributed by atoms with van der Waals surface area (Å²) in [5.41, 5.74) is 0. The highest BCUT2D eigenvalue weighted by atomic mass is 35.5. The van der Waals surface area contributed by atoms with E-state index in [0.717, 1.165) is 17.1 Å². The molecule has 0 amide bonds. The van der Waals surface area contributed by atoms with E-state index in [-0.39, 0.29) is 12.4 Å². The number of aryl methyl sites for hydroxylation is 1. The third-order valence-corrected chi connectivity index (χ3v) is 4.61. The van der Waals surface area contributed by atoms with E-state index in [9.17, 15) is 0 Å². The molecule has 0 bridgehead atoms. The number of anilines is 1. The first kappa shape index (κ1) is 13.6. The minimum absolute atomic E-state index is 0. The fourth-order valence-corrected chi connectivity index (χ4v) is 3.39. The Labute approximate surface area is 117 Å². The summed E-state index contributed by atoms with van der Waals surface area (Å²) in [5, 5.41) is 4.77. The van der Waals surface area contributed by atoms with Gasteiger partial charge in [-0.1, -0.05) is 19.8 Å². The molecule has 1 aliphatic carbocycles. The first-order chi connectivity index (χ1) is 8.36. The number of nitrogens with one attached hydrogen (secondary N) is 1. The van der Waals surface area contributed by atoms with E-state index in [1.807, 2.05) is 0 Å². The van der Waals surface area contributed by atoms with Gasteiger partial charge in [-0.2, -0.15) is 0 Å². The van der Waals surface area contributed by atoms with E-state index in [1.54, 1.807) is 17.7 Å². The van der Waals surface area contributed by atoms with Crippen LogP contribution in [0.25, 0.3) is 10.2 Å². The van der Waals surface area contributed by atoms with Crippen molar-refractivity contribution in [1.82, 2.24) is 9.97 Å². The Hall–Kier alpha value is -0.870. The van der Waals surface area contributed by atoms with Gasteiger partial charge in [0.15, 0.2) is 0 Å². The van der Waals surface area contributed by atoms with Crippen LogP contribution in [0.4, 0.5) is 5.82 Å². The zero-order valence-corrected chi connectivity index (χ0v) is 12.0. The zero-order valence-electron chi connectivity index (χ0n) is 10.4. The van der Waals surface area contributed by atoms with Gasteiger partial charge in [0.05, 0.1) is 5.39 Å². The lowest BCUT2D eigenvalue weighted by atomic mass is 10.2. The predicted octanol–water partition coefficient (Wildman–Crippen LogP) is 0.612. The normalized spacial score (nSPS) is 15.8. The molecule has 1 saturated carbocycles. The Morgan fingerprint density at radius 3 is 2.83 bits per heavy atom. The molecule has 3 nitrogen and oxygen atoms in total. The standard InChI is InChI=1S/C13H17N3S.ClH/c1-2-10-7-11-12(14-8-15-13(11)17-10)16-9-5-3-4-6-9;/h7-9H,2-6H2,1H3,(H,14,15,16);1H/p-1. The summed E-state index contributed by atoms with van der Waals surface area (Å²) < 4.78 is 0. The molecule has 0 radical (unpaired) electrons. The van der Waals surface area contributed by atoms with Gasteiger partial charge >= 0.3 is 0 Å². The molecule has 0 saturated heterocycles. The van der Waals surface area contributed by atoms with Crippen molar-refractivity contribution in [3.05, 3.63) is 17.3 Å². The molecule has 2 heterocycles. The molecule has 0 spiro atoms. The summed E-state index contributed by atoms with van der Waals surface area (Å²) in [5.74, 6) is 1.03. The fraction of sp³-hybridized carbons (Fsp3) is 0.538. The summed E-state index contributed by atoms with van der Waals surface area (Å²) in [6, 6.07) is 2.84. The van der Waals surface area contributed by atoms with Gasteiger partial charge in [0.2, 0.25) is 0 Å². The number of thiophene rings is 1. The van der Waals surface area contributed by atoms with E-state index in [4.69, 9.17) is 0 Å². The maximum atomic E-state index is 4.40. The molecule has 2 aromatic rings. The van der Waals surface area contributed by atoms with Gasteiger partial charge in [0, 0.05) is 10.9 Å². The van der Waals surface area contributed by atoms with Gasteiger partial charge < -0.3 is 17.7 Å². The van der Waals surface area contributed by atoms with Crippen LogP contribution in [0.1, 0.15) is 37.5 Å². The van der Waals surface area contributed by atoms with E-state index in [0.29, 0.717) is 6.04 Å². The molecule has 1 N–H and O–H groups in total. The third kappa shape index (κ3) is 2.59. The second kappa shape index (κ2) is 5.85. The minimum Gasteiger partial charge on any atom is -1.00 e. The minimum atomic E-state index is 0. The lowest BCUT2D eigenvalue weighted by Crippen LogP contribution is -3.00. The average molecular weight is 283 g/mol. The maximum Gasteiger partial charge on any atom is 0.138 e. The van der Waals surface area contributed by atoms with Gasteiger partial charge in [-0.3, -0.25) is 0 Å². The number of hydrogen-bond acceptors (Lipinski definition) is 4. The molecular weight excluding hydrogens is 266 g/mol. The van der Waals surface area contributed by atoms with Crippen LogP contribution < -0.4 is 17.7 Å². The molecule has 0 unspecified atom stereocenters. The third-order valence-electron chi connectivity index (χ3n) is 3.42. The topological polar surface area (TPSA) is 37.8 Å². The lowest BCUT2D eigenvalue weighted by Gasteiger charge is -2.12. The highest BCUT2D eigenvalue weighted by Crippen LogP contribution is 2.30. The van der Waals surface area contributed by atoms with Crippen LogP contribution in [0.15, 0.2) is 12.4 Å². The van der Waals surface area contributed by atoms with E-state index >= 15 is 0 Å². The second-order valence-corrected chi connectivity index (χ2v) is 5.75. The summed E-state index contributed by atoms with van der Waals surface area (Å²) in [6.45, 7) is 2.18. The van der Waals surface area contributed by atoms with Crippen LogP contribution in [-0.4, -0.2) is 16.0 Å². The molecule has 0 aliphatic heterocycles. The fourth-order valence-electron chi connectivity index (χ4n) is 2.46. The van der Waals surface area contributed by atoms with Crippen LogP contribution in [0.3, 0.4) is 0 Å². The van der Waals surface area contributed by atoms with Crippen molar-refractivity contribution in [3.63, 3.8) is 0 Å². The Morgan fingerprint density at radius 1 is 1.33 bits per heavy atom. The maximum absolute atomic E-state index is 4.40. The van der Waals surface area contributed by atoms with E-state index < -0.39 is 0 Å². The quantitative estimate of drug-likeness (QED) is 0.897. The molecule has 98 valence electrons. The Kier molecular flexibility index (Phi) is 4.40. The molecule has 18 heavy (non-hydrogen) atoms. The largest absolute Gasteiger partial charge is 1.00 e. The molecule has 0 aromatic carbocycles. The van der Waals surface area contributed by atoms with Crippen LogP contribution in [-0.2, 0) is 6.42 Å². The van der Waals surface area contributed by atoms with Crippen molar-refractivity contribution in [3.8, 4) is 0 Å². The molecular formula is C13H17ClN3S-. The number of aromatic nitrogens is 2. The van der Waals surface area contributed by atoms with Gasteiger partial charge in [-0.25, -0.2) is 9.97 Å². The molecule has 1 aliphatic rings. The van der Waals surface area contributed by atoms with Crippen LogP contribution in [0.5, 0.6) is 0 Å². The predicted molar refractivity (Wildman–Crippen MR) is 72.7 cm³/mol. The van der Waals surface area contributed by atoms with Crippen LogP contribution in [0, 0.1) is 0 Å². The number of fused-ring (bicyclic) bond motifs is 1. The van der Waals surface area contributed by atoms with E-state index in [1.165, 1.54) is 35.9 Å². The first-order valence-corrected chi connectivity index (χ1v) is 7.18. The highest BCUT2D eigenvalue weighted by Gasteiger charge is 2.17. The average Bonchev–Trinajstić information content (AvgIpc) is 2.97. The number of rotatable bonds is 3.